The monoisotopic (exact) mass is 297 g/mol. The van der Waals surface area contributed by atoms with E-state index < -0.39 is 0 Å². The molecule has 0 fully saturated rings. The molecule has 0 saturated heterocycles. The molecule has 0 aliphatic rings. The van der Waals surface area contributed by atoms with Crippen LogP contribution in [0.5, 0.6) is 0 Å². The summed E-state index contributed by atoms with van der Waals surface area (Å²) in [6, 6.07) is 8.97. The SMILES string of the molecule is C[C@@H](CO)Nc1cc(-c2ccc(Cl)cc2)nc(Cl)n1. The maximum atomic E-state index is 9.03. The van der Waals surface area contributed by atoms with E-state index in [1.807, 2.05) is 19.1 Å². The van der Waals surface area contributed by atoms with Gasteiger partial charge in [0.15, 0.2) is 0 Å². The van der Waals surface area contributed by atoms with Crippen LogP contribution in [0, 0.1) is 0 Å². The number of benzene rings is 1. The van der Waals surface area contributed by atoms with Gasteiger partial charge in [0, 0.05) is 22.7 Å². The standard InChI is InChI=1S/C13H13Cl2N3O/c1-8(7-19)16-12-6-11(17-13(15)18-12)9-2-4-10(14)5-3-9/h2-6,8,19H,7H2,1H3,(H,16,17,18)/t8-/m0/s1. The van der Waals surface area contributed by atoms with Gasteiger partial charge in [-0.3, -0.25) is 0 Å². The molecule has 0 spiro atoms. The Morgan fingerprint density at radius 2 is 1.89 bits per heavy atom. The molecule has 0 unspecified atom stereocenters. The number of hydrogen-bond acceptors (Lipinski definition) is 4. The first-order chi connectivity index (χ1) is 9.08. The molecule has 0 aliphatic heterocycles. The van der Waals surface area contributed by atoms with Crippen molar-refractivity contribution >= 4 is 29.0 Å². The van der Waals surface area contributed by atoms with Crippen molar-refractivity contribution in [1.82, 2.24) is 9.97 Å². The molecule has 0 saturated carbocycles. The van der Waals surface area contributed by atoms with Gasteiger partial charge in [0.05, 0.1) is 12.3 Å². The molecule has 2 aromatic rings. The molecule has 1 aromatic carbocycles. The Morgan fingerprint density at radius 3 is 2.53 bits per heavy atom. The van der Waals surface area contributed by atoms with Crippen LogP contribution in [0.15, 0.2) is 30.3 Å². The van der Waals surface area contributed by atoms with Gasteiger partial charge in [-0.05, 0) is 30.7 Å². The topological polar surface area (TPSA) is 58.0 Å². The molecule has 1 aromatic heterocycles. The van der Waals surface area contributed by atoms with Crippen LogP contribution in [0.3, 0.4) is 0 Å². The number of aromatic nitrogens is 2. The van der Waals surface area contributed by atoms with E-state index in [-0.39, 0.29) is 17.9 Å². The summed E-state index contributed by atoms with van der Waals surface area (Å²) in [6.45, 7) is 1.86. The van der Waals surface area contributed by atoms with Gasteiger partial charge in [-0.15, -0.1) is 0 Å². The van der Waals surface area contributed by atoms with Crippen LogP contribution in [-0.2, 0) is 0 Å². The second-order valence-electron chi connectivity index (χ2n) is 4.14. The van der Waals surface area contributed by atoms with Crippen molar-refractivity contribution in [2.45, 2.75) is 13.0 Å². The molecule has 19 heavy (non-hydrogen) atoms. The Kier molecular flexibility index (Phi) is 4.58. The third-order valence-electron chi connectivity index (χ3n) is 2.51. The average molecular weight is 298 g/mol. The summed E-state index contributed by atoms with van der Waals surface area (Å²) < 4.78 is 0. The summed E-state index contributed by atoms with van der Waals surface area (Å²) in [5, 5.41) is 12.9. The predicted molar refractivity (Wildman–Crippen MR) is 77.7 cm³/mol. The highest BCUT2D eigenvalue weighted by Gasteiger charge is 2.07. The minimum absolute atomic E-state index is 0.0118. The third-order valence-corrected chi connectivity index (χ3v) is 2.93. The maximum Gasteiger partial charge on any atom is 0.224 e. The van der Waals surface area contributed by atoms with Crippen LogP contribution in [-0.4, -0.2) is 27.7 Å². The van der Waals surface area contributed by atoms with Crippen molar-refractivity contribution in [1.29, 1.82) is 0 Å². The second kappa shape index (κ2) is 6.19. The Balaban J connectivity index is 2.33. The molecule has 0 bridgehead atoms. The molecule has 1 heterocycles. The normalized spacial score (nSPS) is 12.2. The molecular formula is C13H13Cl2N3O. The summed E-state index contributed by atoms with van der Waals surface area (Å²) in [4.78, 5) is 8.25. The third kappa shape index (κ3) is 3.80. The Labute approximate surface area is 121 Å². The fourth-order valence-electron chi connectivity index (χ4n) is 1.56. The van der Waals surface area contributed by atoms with E-state index in [0.717, 1.165) is 5.56 Å². The van der Waals surface area contributed by atoms with Gasteiger partial charge in [-0.1, -0.05) is 23.7 Å². The zero-order valence-electron chi connectivity index (χ0n) is 10.3. The summed E-state index contributed by atoms with van der Waals surface area (Å²) >= 11 is 11.8. The highest BCUT2D eigenvalue weighted by molar-refractivity contribution is 6.30. The number of halogens is 2. The molecule has 0 aliphatic carbocycles. The number of anilines is 1. The zero-order valence-corrected chi connectivity index (χ0v) is 11.8. The number of nitrogens with zero attached hydrogens (tertiary/aromatic N) is 2. The van der Waals surface area contributed by atoms with Gasteiger partial charge in [0.25, 0.3) is 0 Å². The summed E-state index contributed by atoms with van der Waals surface area (Å²) in [6.07, 6.45) is 0. The molecule has 6 heteroatoms. The molecular weight excluding hydrogens is 285 g/mol. The first-order valence-corrected chi connectivity index (χ1v) is 6.52. The fourth-order valence-corrected chi connectivity index (χ4v) is 1.87. The molecule has 1 atom stereocenters. The van der Waals surface area contributed by atoms with Crippen LogP contribution in [0.4, 0.5) is 5.82 Å². The number of aliphatic hydroxyl groups is 1. The lowest BCUT2D eigenvalue weighted by Crippen LogP contribution is -2.20. The highest BCUT2D eigenvalue weighted by atomic mass is 35.5. The first kappa shape index (κ1) is 14.1. The van der Waals surface area contributed by atoms with E-state index in [4.69, 9.17) is 28.3 Å². The second-order valence-corrected chi connectivity index (χ2v) is 4.92. The number of aliphatic hydroxyl groups excluding tert-OH is 1. The van der Waals surface area contributed by atoms with Gasteiger partial charge in [-0.2, -0.15) is 0 Å². The van der Waals surface area contributed by atoms with Gasteiger partial charge >= 0.3 is 0 Å². The number of hydrogen-bond donors (Lipinski definition) is 2. The first-order valence-electron chi connectivity index (χ1n) is 5.76. The number of rotatable bonds is 4. The van der Waals surface area contributed by atoms with Gasteiger partial charge in [0.1, 0.15) is 5.82 Å². The van der Waals surface area contributed by atoms with Crippen molar-refractivity contribution in [3.63, 3.8) is 0 Å². The molecule has 100 valence electrons. The van der Waals surface area contributed by atoms with Crippen molar-refractivity contribution in [3.8, 4) is 11.3 Å². The Morgan fingerprint density at radius 1 is 1.21 bits per heavy atom. The minimum atomic E-state index is -0.107. The smallest absolute Gasteiger partial charge is 0.224 e. The largest absolute Gasteiger partial charge is 0.394 e. The lowest BCUT2D eigenvalue weighted by molar-refractivity contribution is 0.281. The van der Waals surface area contributed by atoms with E-state index >= 15 is 0 Å². The number of nitrogens with one attached hydrogen (secondary N) is 1. The van der Waals surface area contributed by atoms with Gasteiger partial charge in [-0.25, -0.2) is 9.97 Å². The van der Waals surface area contributed by atoms with Crippen LogP contribution in [0.25, 0.3) is 11.3 Å². The van der Waals surface area contributed by atoms with E-state index in [0.29, 0.717) is 16.5 Å². The quantitative estimate of drug-likeness (QED) is 0.851. The molecule has 2 N–H and O–H groups in total. The van der Waals surface area contributed by atoms with Crippen molar-refractivity contribution in [3.05, 3.63) is 40.6 Å². The average Bonchev–Trinajstić information content (AvgIpc) is 2.38. The van der Waals surface area contributed by atoms with Crippen LogP contribution >= 0.6 is 23.2 Å². The molecule has 0 amide bonds. The lowest BCUT2D eigenvalue weighted by Gasteiger charge is -2.12. The predicted octanol–water partition coefficient (Wildman–Crippen LogP) is 3.24. The molecule has 0 radical (unpaired) electrons. The summed E-state index contributed by atoms with van der Waals surface area (Å²) in [7, 11) is 0. The Hall–Kier alpha value is -1.36. The van der Waals surface area contributed by atoms with Crippen LogP contribution in [0.2, 0.25) is 10.3 Å². The molecule has 4 nitrogen and oxygen atoms in total. The van der Waals surface area contributed by atoms with Crippen molar-refractivity contribution in [2.24, 2.45) is 0 Å². The van der Waals surface area contributed by atoms with Crippen LogP contribution < -0.4 is 5.32 Å². The molecule has 2 rings (SSSR count). The van der Waals surface area contributed by atoms with E-state index in [2.05, 4.69) is 15.3 Å². The van der Waals surface area contributed by atoms with Crippen LogP contribution in [0.1, 0.15) is 6.92 Å². The van der Waals surface area contributed by atoms with E-state index in [1.165, 1.54) is 0 Å². The van der Waals surface area contributed by atoms with Crippen molar-refractivity contribution < 1.29 is 5.11 Å². The van der Waals surface area contributed by atoms with Crippen molar-refractivity contribution in [2.75, 3.05) is 11.9 Å². The van der Waals surface area contributed by atoms with Gasteiger partial charge < -0.3 is 10.4 Å². The van der Waals surface area contributed by atoms with E-state index in [9.17, 15) is 0 Å². The van der Waals surface area contributed by atoms with Gasteiger partial charge in [0.2, 0.25) is 5.28 Å². The highest BCUT2D eigenvalue weighted by Crippen LogP contribution is 2.23. The van der Waals surface area contributed by atoms with E-state index in [1.54, 1.807) is 18.2 Å². The lowest BCUT2D eigenvalue weighted by atomic mass is 10.1. The Bertz CT molecular complexity index is 560. The zero-order chi connectivity index (χ0) is 13.8. The fraction of sp³-hybridized carbons (Fsp3) is 0.231. The summed E-state index contributed by atoms with van der Waals surface area (Å²) in [5.41, 5.74) is 1.60. The maximum absolute atomic E-state index is 9.03. The minimum Gasteiger partial charge on any atom is -0.394 e. The summed E-state index contributed by atoms with van der Waals surface area (Å²) in [5.74, 6) is 0.575.